The summed E-state index contributed by atoms with van der Waals surface area (Å²) in [5.41, 5.74) is -15.2. The van der Waals surface area contributed by atoms with E-state index in [0.29, 0.717) is 0 Å². The van der Waals surface area contributed by atoms with E-state index < -0.39 is 48.1 Å². The smallest absolute Gasteiger partial charge is 0.440 e. The normalized spacial score (nSPS) is 15.7. The van der Waals surface area contributed by atoms with Gasteiger partial charge in [-0.15, -0.1) is 0 Å². The van der Waals surface area contributed by atoms with Gasteiger partial charge in [-0.1, -0.05) is 0 Å². The molecule has 0 aliphatic carbocycles. The molecule has 27 heavy (non-hydrogen) atoms. The lowest BCUT2D eigenvalue weighted by Gasteiger charge is -2.41. The SMILES string of the molecule is COC(=O)C(OC(F)(F)C(F)(C(F)(F)F)C(F)(F)F)(C(F)(F)F)C(F)(F)F. The molecule has 18 heteroatoms. The molecule has 0 aliphatic rings. The Kier molecular flexibility index (Phi) is 6.08. The molecule has 3 nitrogen and oxygen atoms in total. The minimum absolute atomic E-state index is 0.327. The van der Waals surface area contributed by atoms with E-state index in [9.17, 15) is 70.7 Å². The standard InChI is InChI=1S/C9H3F15O3/c1-26-2(25)3(5(11,12)13,6(14,15)16)27-9(23,24)4(10,7(17,18)19)8(20,21)22/h1H3. The summed E-state index contributed by atoms with van der Waals surface area (Å²) < 4.78 is 194. The van der Waals surface area contributed by atoms with Crippen LogP contribution >= 0.6 is 0 Å². The topological polar surface area (TPSA) is 35.5 Å². The molecule has 0 amide bonds. The van der Waals surface area contributed by atoms with Crippen LogP contribution in [0.5, 0.6) is 0 Å². The quantitative estimate of drug-likeness (QED) is 0.475. The second kappa shape index (κ2) is 6.47. The summed E-state index contributed by atoms with van der Waals surface area (Å²) in [6.45, 7) is 0. The summed E-state index contributed by atoms with van der Waals surface area (Å²) in [5, 5.41) is 0. The molecule has 0 aromatic heterocycles. The number of ether oxygens (including phenoxy) is 2. The zero-order valence-corrected chi connectivity index (χ0v) is 11.9. The molecule has 162 valence electrons. The Bertz CT molecular complexity index is 523. The number of carbonyl (C=O) groups is 1. The van der Waals surface area contributed by atoms with Crippen LogP contribution in [0.15, 0.2) is 0 Å². The minimum atomic E-state index is -8.07. The lowest BCUT2D eigenvalue weighted by atomic mass is 9.99. The number of methoxy groups -OCH3 is 1. The predicted octanol–water partition coefficient (Wildman–Crippen LogP) is 4.47. The van der Waals surface area contributed by atoms with Crippen molar-refractivity contribution in [2.75, 3.05) is 7.11 Å². The van der Waals surface area contributed by atoms with Crippen molar-refractivity contribution in [2.24, 2.45) is 0 Å². The predicted molar refractivity (Wildman–Crippen MR) is 48.8 cm³/mol. The largest absolute Gasteiger partial charge is 0.466 e. The van der Waals surface area contributed by atoms with Crippen LogP contribution in [0.3, 0.4) is 0 Å². The summed E-state index contributed by atoms with van der Waals surface area (Å²) in [5.74, 6) is -3.94. The fourth-order valence-electron chi connectivity index (χ4n) is 1.45. The monoisotopic (exact) mass is 444 g/mol. The summed E-state index contributed by atoms with van der Waals surface area (Å²) in [6.07, 6.45) is -38.5. The highest BCUT2D eigenvalue weighted by Crippen LogP contribution is 2.58. The van der Waals surface area contributed by atoms with E-state index in [0.717, 1.165) is 0 Å². The zero-order valence-electron chi connectivity index (χ0n) is 11.9. The average molecular weight is 444 g/mol. The molecule has 0 heterocycles. The van der Waals surface area contributed by atoms with E-state index in [4.69, 9.17) is 0 Å². The summed E-state index contributed by atoms with van der Waals surface area (Å²) in [6, 6.07) is 0. The third kappa shape index (κ3) is 3.71. The van der Waals surface area contributed by atoms with Gasteiger partial charge in [0.15, 0.2) is 0 Å². The van der Waals surface area contributed by atoms with Gasteiger partial charge in [0.2, 0.25) is 0 Å². The van der Waals surface area contributed by atoms with E-state index in [1.54, 1.807) is 4.74 Å². The zero-order chi connectivity index (χ0) is 22.5. The van der Waals surface area contributed by atoms with Crippen LogP contribution in [-0.2, 0) is 14.3 Å². The number of hydrogen-bond acceptors (Lipinski definition) is 3. The van der Waals surface area contributed by atoms with E-state index >= 15 is 0 Å². The van der Waals surface area contributed by atoms with Gasteiger partial charge in [0.25, 0.3) is 0 Å². The summed E-state index contributed by atoms with van der Waals surface area (Å²) in [7, 11) is -0.327. The number of carbonyl (C=O) groups excluding carboxylic acids is 1. The van der Waals surface area contributed by atoms with Crippen molar-refractivity contribution in [3.63, 3.8) is 0 Å². The molecule has 0 saturated carbocycles. The Morgan fingerprint density at radius 1 is 0.593 bits per heavy atom. The number of halogens is 15. The van der Waals surface area contributed by atoms with Gasteiger partial charge in [-0.3, -0.25) is 4.74 Å². The third-order valence-electron chi connectivity index (χ3n) is 2.73. The van der Waals surface area contributed by atoms with Crippen molar-refractivity contribution < 1.29 is 80.1 Å². The second-order valence-electron chi connectivity index (χ2n) is 4.44. The maximum atomic E-state index is 13.3. The maximum Gasteiger partial charge on any atom is 0.440 e. The molecular weight excluding hydrogens is 441 g/mol. The number of hydrogen-bond donors (Lipinski definition) is 0. The van der Waals surface area contributed by atoms with Crippen LogP contribution in [0.25, 0.3) is 0 Å². The van der Waals surface area contributed by atoms with Gasteiger partial charge >= 0.3 is 48.1 Å². The molecule has 0 aromatic carbocycles. The van der Waals surface area contributed by atoms with Gasteiger partial charge in [-0.25, -0.2) is 9.18 Å². The van der Waals surface area contributed by atoms with Crippen LogP contribution < -0.4 is 0 Å². The lowest BCUT2D eigenvalue weighted by molar-refractivity contribution is -0.496. The molecule has 0 aromatic rings. The lowest BCUT2D eigenvalue weighted by Crippen LogP contribution is -2.73. The van der Waals surface area contributed by atoms with Crippen LogP contribution in [0.2, 0.25) is 0 Å². The Labute approximate surface area is 137 Å². The van der Waals surface area contributed by atoms with Crippen LogP contribution in [0.1, 0.15) is 0 Å². The highest BCUT2D eigenvalue weighted by Gasteiger charge is 2.90. The highest BCUT2D eigenvalue weighted by atomic mass is 19.4. The number of esters is 1. The van der Waals surface area contributed by atoms with Gasteiger partial charge in [0.05, 0.1) is 7.11 Å². The Morgan fingerprint density at radius 3 is 1.07 bits per heavy atom. The molecule has 0 fully saturated rings. The molecule has 0 radical (unpaired) electrons. The first-order valence-corrected chi connectivity index (χ1v) is 5.56. The number of rotatable bonds is 4. The third-order valence-corrected chi connectivity index (χ3v) is 2.73. The molecule has 0 N–H and O–H groups in total. The minimum Gasteiger partial charge on any atom is -0.466 e. The van der Waals surface area contributed by atoms with Gasteiger partial charge in [-0.2, -0.15) is 61.5 Å². The fourth-order valence-corrected chi connectivity index (χ4v) is 1.45. The molecule has 0 aliphatic heterocycles. The van der Waals surface area contributed by atoms with Crippen molar-refractivity contribution >= 4 is 5.97 Å². The van der Waals surface area contributed by atoms with Crippen molar-refractivity contribution in [1.29, 1.82) is 0 Å². The first kappa shape index (κ1) is 25.4. The molecule has 0 unspecified atom stereocenters. The van der Waals surface area contributed by atoms with Gasteiger partial charge in [0, 0.05) is 0 Å². The maximum absolute atomic E-state index is 13.3. The van der Waals surface area contributed by atoms with Crippen LogP contribution in [0, 0.1) is 0 Å². The van der Waals surface area contributed by atoms with Crippen molar-refractivity contribution in [1.82, 2.24) is 0 Å². The molecule has 0 rings (SSSR count). The first-order chi connectivity index (χ1) is 11.4. The summed E-state index contributed by atoms with van der Waals surface area (Å²) >= 11 is 0. The molecule has 0 bridgehead atoms. The number of alkyl halides is 15. The molecule has 0 saturated heterocycles. The van der Waals surface area contributed by atoms with E-state index in [1.807, 2.05) is 0 Å². The van der Waals surface area contributed by atoms with Crippen molar-refractivity contribution in [2.45, 2.75) is 42.1 Å². The fraction of sp³-hybridized carbons (Fsp3) is 0.889. The molecule has 0 spiro atoms. The van der Waals surface area contributed by atoms with Crippen LogP contribution in [0.4, 0.5) is 65.9 Å². The van der Waals surface area contributed by atoms with E-state index in [2.05, 4.69) is 4.74 Å². The van der Waals surface area contributed by atoms with Crippen LogP contribution in [-0.4, -0.2) is 55.2 Å². The average Bonchev–Trinajstić information content (AvgIpc) is 2.37. The van der Waals surface area contributed by atoms with E-state index in [-0.39, 0.29) is 7.11 Å². The first-order valence-electron chi connectivity index (χ1n) is 5.56. The second-order valence-corrected chi connectivity index (χ2v) is 4.44. The summed E-state index contributed by atoms with van der Waals surface area (Å²) in [4.78, 5) is 10.8. The Morgan fingerprint density at radius 2 is 0.889 bits per heavy atom. The Balaban J connectivity index is 6.94. The Hall–Kier alpha value is -1.62. The highest BCUT2D eigenvalue weighted by molar-refractivity contribution is 5.82. The van der Waals surface area contributed by atoms with Gasteiger partial charge in [-0.05, 0) is 0 Å². The van der Waals surface area contributed by atoms with Gasteiger partial charge in [0.1, 0.15) is 0 Å². The molecular formula is C9H3F15O3. The van der Waals surface area contributed by atoms with E-state index in [1.165, 1.54) is 0 Å². The van der Waals surface area contributed by atoms with Crippen molar-refractivity contribution in [3.05, 3.63) is 0 Å². The molecule has 0 atom stereocenters. The van der Waals surface area contributed by atoms with Crippen molar-refractivity contribution in [3.8, 4) is 0 Å². The van der Waals surface area contributed by atoms with Gasteiger partial charge < -0.3 is 4.74 Å².